The minimum atomic E-state index is -0.261. The largest absolute Gasteiger partial charge is 0.352 e. The molecule has 0 aromatic heterocycles. The fraction of sp³-hybridized carbons (Fsp3) is 0.296. The van der Waals surface area contributed by atoms with Crippen molar-refractivity contribution in [2.45, 2.75) is 31.2 Å². The molecule has 0 saturated carbocycles. The average molecular weight is 399 g/mol. The highest BCUT2D eigenvalue weighted by Gasteiger charge is 2.26. The summed E-state index contributed by atoms with van der Waals surface area (Å²) in [7, 11) is 0. The maximum Gasteiger partial charge on any atom is 0.232 e. The quantitative estimate of drug-likeness (QED) is 0.629. The van der Waals surface area contributed by atoms with Gasteiger partial charge < -0.3 is 10.2 Å². The molecule has 1 fully saturated rings. The van der Waals surface area contributed by atoms with Gasteiger partial charge in [-0.2, -0.15) is 0 Å². The van der Waals surface area contributed by atoms with Crippen LogP contribution in [0.5, 0.6) is 0 Å². The molecule has 3 aromatic rings. The van der Waals surface area contributed by atoms with Crippen molar-refractivity contribution in [1.82, 2.24) is 10.2 Å². The summed E-state index contributed by atoms with van der Waals surface area (Å²) in [5.41, 5.74) is 3.48. The summed E-state index contributed by atoms with van der Waals surface area (Å²) in [6.45, 7) is 3.17. The molecule has 3 heteroatoms. The maximum absolute atomic E-state index is 13.3. The summed E-state index contributed by atoms with van der Waals surface area (Å²) in [5, 5.41) is 3.34. The summed E-state index contributed by atoms with van der Waals surface area (Å²) in [5.74, 6) is -0.154. The molecule has 0 unspecified atom stereocenters. The number of likely N-dealkylation sites (tertiary alicyclic amines) is 1. The number of piperidine rings is 1. The molecule has 3 aromatic carbocycles. The predicted molar refractivity (Wildman–Crippen MR) is 122 cm³/mol. The Balaban J connectivity index is 1.34. The summed E-state index contributed by atoms with van der Waals surface area (Å²) < 4.78 is 0. The Hall–Kier alpha value is -2.91. The van der Waals surface area contributed by atoms with Crippen LogP contribution in [0.1, 0.15) is 35.4 Å². The summed E-state index contributed by atoms with van der Waals surface area (Å²) in [6.07, 6.45) is 3.11. The molecule has 0 atom stereocenters. The topological polar surface area (TPSA) is 32.3 Å². The molecule has 1 aliphatic heterocycles. The highest BCUT2D eigenvalue weighted by Crippen LogP contribution is 2.25. The molecule has 1 N–H and O–H groups in total. The Morgan fingerprint density at radius 3 is 1.83 bits per heavy atom. The number of carbonyl (C=O) groups excluding carboxylic acids is 1. The van der Waals surface area contributed by atoms with Crippen LogP contribution >= 0.6 is 0 Å². The van der Waals surface area contributed by atoms with Gasteiger partial charge in [0.25, 0.3) is 0 Å². The van der Waals surface area contributed by atoms with Gasteiger partial charge in [-0.25, -0.2) is 0 Å². The number of carbonyl (C=O) groups is 1. The lowest BCUT2D eigenvalue weighted by Gasteiger charge is -2.33. The van der Waals surface area contributed by atoms with Gasteiger partial charge in [-0.1, -0.05) is 91.0 Å². The number of hydrogen-bond acceptors (Lipinski definition) is 2. The van der Waals surface area contributed by atoms with Crippen LogP contribution in [0.2, 0.25) is 0 Å². The normalized spacial score (nSPS) is 15.2. The third-order valence-electron chi connectivity index (χ3n) is 6.02. The van der Waals surface area contributed by atoms with Gasteiger partial charge in [0.05, 0.1) is 5.92 Å². The summed E-state index contributed by atoms with van der Waals surface area (Å²) >= 11 is 0. The van der Waals surface area contributed by atoms with Crippen molar-refractivity contribution >= 4 is 5.91 Å². The van der Waals surface area contributed by atoms with Crippen molar-refractivity contribution in [1.29, 1.82) is 0 Å². The van der Waals surface area contributed by atoms with E-state index in [1.54, 1.807) is 0 Å². The van der Waals surface area contributed by atoms with Crippen LogP contribution in [0, 0.1) is 0 Å². The number of benzene rings is 3. The Morgan fingerprint density at radius 2 is 1.30 bits per heavy atom. The monoisotopic (exact) mass is 398 g/mol. The van der Waals surface area contributed by atoms with Gasteiger partial charge in [0.15, 0.2) is 0 Å². The van der Waals surface area contributed by atoms with Gasteiger partial charge in [0, 0.05) is 25.7 Å². The molecule has 1 heterocycles. The Labute approximate surface area is 179 Å². The molecule has 0 aliphatic carbocycles. The van der Waals surface area contributed by atoms with Crippen LogP contribution in [-0.4, -0.2) is 36.5 Å². The van der Waals surface area contributed by atoms with Crippen molar-refractivity contribution in [3.63, 3.8) is 0 Å². The second-order valence-corrected chi connectivity index (χ2v) is 8.11. The smallest absolute Gasteiger partial charge is 0.232 e. The van der Waals surface area contributed by atoms with E-state index in [1.165, 1.54) is 5.56 Å². The molecule has 154 valence electrons. The van der Waals surface area contributed by atoms with E-state index >= 15 is 0 Å². The highest BCUT2D eigenvalue weighted by atomic mass is 16.1. The van der Waals surface area contributed by atoms with E-state index in [4.69, 9.17) is 0 Å². The lowest BCUT2D eigenvalue weighted by atomic mass is 9.90. The molecular weight excluding hydrogens is 368 g/mol. The fourth-order valence-corrected chi connectivity index (χ4v) is 4.30. The standard InChI is InChI=1S/C27H30N2O/c30-27(26(23-12-6-2-7-13-23)24-14-8-3-9-15-24)28-25-17-20-29(21-18-25)19-16-22-10-4-1-5-11-22/h1-15,25-26H,16-21H2,(H,28,30). The van der Waals surface area contributed by atoms with Gasteiger partial charge in [0.1, 0.15) is 0 Å². The van der Waals surface area contributed by atoms with E-state index in [2.05, 4.69) is 40.5 Å². The van der Waals surface area contributed by atoms with Crippen LogP contribution < -0.4 is 5.32 Å². The van der Waals surface area contributed by atoms with E-state index < -0.39 is 0 Å². The van der Waals surface area contributed by atoms with Crippen molar-refractivity contribution in [3.8, 4) is 0 Å². The Bertz CT molecular complexity index is 864. The SMILES string of the molecule is O=C(NC1CCN(CCc2ccccc2)CC1)C(c1ccccc1)c1ccccc1. The summed E-state index contributed by atoms with van der Waals surface area (Å²) in [4.78, 5) is 15.8. The van der Waals surface area contributed by atoms with Crippen molar-refractivity contribution in [3.05, 3.63) is 108 Å². The molecule has 0 radical (unpaired) electrons. The first kappa shape index (κ1) is 20.4. The highest BCUT2D eigenvalue weighted by molar-refractivity contribution is 5.87. The van der Waals surface area contributed by atoms with Crippen LogP contribution in [0.3, 0.4) is 0 Å². The van der Waals surface area contributed by atoms with E-state index in [1.807, 2.05) is 60.7 Å². The molecule has 3 nitrogen and oxygen atoms in total. The Morgan fingerprint density at radius 1 is 0.800 bits per heavy atom. The van der Waals surface area contributed by atoms with E-state index in [9.17, 15) is 4.79 Å². The van der Waals surface area contributed by atoms with Crippen LogP contribution in [-0.2, 0) is 11.2 Å². The third-order valence-corrected chi connectivity index (χ3v) is 6.02. The van der Waals surface area contributed by atoms with E-state index in [0.29, 0.717) is 0 Å². The van der Waals surface area contributed by atoms with Gasteiger partial charge in [0.2, 0.25) is 5.91 Å². The summed E-state index contributed by atoms with van der Waals surface area (Å²) in [6, 6.07) is 31.1. The second-order valence-electron chi connectivity index (χ2n) is 8.11. The zero-order valence-electron chi connectivity index (χ0n) is 17.4. The zero-order valence-corrected chi connectivity index (χ0v) is 17.4. The minimum absolute atomic E-state index is 0.107. The van der Waals surface area contributed by atoms with Gasteiger partial charge in [-0.15, -0.1) is 0 Å². The first-order chi connectivity index (χ1) is 14.8. The molecule has 1 amide bonds. The van der Waals surface area contributed by atoms with Gasteiger partial charge >= 0.3 is 0 Å². The van der Waals surface area contributed by atoms with Crippen LogP contribution in [0.25, 0.3) is 0 Å². The number of hydrogen-bond donors (Lipinski definition) is 1. The molecule has 30 heavy (non-hydrogen) atoms. The van der Waals surface area contributed by atoms with Crippen LogP contribution in [0.4, 0.5) is 0 Å². The van der Waals surface area contributed by atoms with Crippen molar-refractivity contribution in [2.24, 2.45) is 0 Å². The average Bonchev–Trinajstić information content (AvgIpc) is 2.81. The fourth-order valence-electron chi connectivity index (χ4n) is 4.30. The Kier molecular flexibility index (Phi) is 6.94. The van der Waals surface area contributed by atoms with Crippen molar-refractivity contribution < 1.29 is 4.79 Å². The third kappa shape index (κ3) is 5.37. The van der Waals surface area contributed by atoms with E-state index in [0.717, 1.165) is 50.0 Å². The molecule has 4 rings (SSSR count). The predicted octanol–water partition coefficient (Wildman–Crippen LogP) is 4.64. The first-order valence-corrected chi connectivity index (χ1v) is 11.0. The molecular formula is C27H30N2O. The molecule has 1 aliphatic rings. The number of amides is 1. The number of nitrogens with one attached hydrogen (secondary N) is 1. The van der Waals surface area contributed by atoms with Gasteiger partial charge in [-0.3, -0.25) is 4.79 Å². The molecule has 0 spiro atoms. The lowest BCUT2D eigenvalue weighted by Crippen LogP contribution is -2.46. The van der Waals surface area contributed by atoms with Crippen molar-refractivity contribution in [2.75, 3.05) is 19.6 Å². The number of rotatable bonds is 7. The number of nitrogens with zero attached hydrogens (tertiary/aromatic N) is 1. The lowest BCUT2D eigenvalue weighted by molar-refractivity contribution is -0.122. The van der Waals surface area contributed by atoms with Gasteiger partial charge in [-0.05, 0) is 36.0 Å². The minimum Gasteiger partial charge on any atom is -0.352 e. The van der Waals surface area contributed by atoms with E-state index in [-0.39, 0.29) is 17.9 Å². The second kappa shape index (κ2) is 10.2. The molecule has 1 saturated heterocycles. The first-order valence-electron chi connectivity index (χ1n) is 11.0. The maximum atomic E-state index is 13.3. The zero-order chi connectivity index (χ0) is 20.6. The molecule has 0 bridgehead atoms. The van der Waals surface area contributed by atoms with Crippen LogP contribution in [0.15, 0.2) is 91.0 Å².